The maximum absolute atomic E-state index is 12.4. The van der Waals surface area contributed by atoms with Gasteiger partial charge in [-0.1, -0.05) is 32.4 Å². The maximum atomic E-state index is 12.4. The van der Waals surface area contributed by atoms with E-state index in [9.17, 15) is 34.5 Å². The van der Waals surface area contributed by atoms with Gasteiger partial charge >= 0.3 is 41.5 Å². The Morgan fingerprint density at radius 2 is 1.72 bits per heavy atom. The van der Waals surface area contributed by atoms with Crippen molar-refractivity contribution in [1.82, 2.24) is 0 Å². The Bertz CT molecular complexity index is 967. The summed E-state index contributed by atoms with van der Waals surface area (Å²) in [6.45, 7) is 5.48. The Labute approximate surface area is 234 Å². The molecule has 0 bridgehead atoms. The summed E-state index contributed by atoms with van der Waals surface area (Å²) in [6, 6.07) is 0. The van der Waals surface area contributed by atoms with Crippen molar-refractivity contribution in [2.24, 2.45) is 34.5 Å². The van der Waals surface area contributed by atoms with Gasteiger partial charge in [0.05, 0.1) is 18.9 Å². The molecule has 0 aromatic heterocycles. The molecule has 0 heterocycles. The number of aliphatic hydroxyl groups excluding tert-OH is 2. The summed E-state index contributed by atoms with van der Waals surface area (Å²) in [6.07, 6.45) is 6.28. The first-order chi connectivity index (χ1) is 16.2. The van der Waals surface area contributed by atoms with Gasteiger partial charge in [-0.05, 0) is 55.6 Å². The summed E-state index contributed by atoms with van der Waals surface area (Å²) in [7, 11) is 0. The first kappa shape index (κ1) is 30.9. The minimum Gasteiger partial charge on any atom is -1.00 e. The molecule has 0 aromatic rings. The number of hydrogen-bond donors (Lipinski definition) is 5. The molecule has 0 saturated heterocycles. The molecule has 4 aliphatic carbocycles. The Balaban J connectivity index is 0.000000600. The van der Waals surface area contributed by atoms with Crippen LogP contribution in [0.5, 0.6) is 0 Å². The van der Waals surface area contributed by atoms with Gasteiger partial charge in [0.1, 0.15) is 12.2 Å². The average molecular weight is 517 g/mol. The van der Waals surface area contributed by atoms with Crippen molar-refractivity contribution in [3.63, 3.8) is 0 Å². The summed E-state index contributed by atoms with van der Waals surface area (Å²) < 4.78 is 0. The van der Waals surface area contributed by atoms with Crippen molar-refractivity contribution < 1.29 is 75.7 Å². The van der Waals surface area contributed by atoms with Crippen molar-refractivity contribution >= 4 is 23.5 Å². The second-order valence-corrected chi connectivity index (χ2v) is 11.0. The number of aliphatic hydroxyl groups is 3. The van der Waals surface area contributed by atoms with E-state index in [1.165, 1.54) is 0 Å². The number of carboxylic acids is 2. The van der Waals surface area contributed by atoms with Crippen LogP contribution >= 0.6 is 0 Å². The standard InChI is InChI=1S/C22H30O5.C4H6O4.Na.H/c1-12-8-14-15-5-7-22(27,18(26)11-23)21(15,3)10-17(25)19(14)20(2)6-4-13(24)9-16(12)20;5-3(6)1-2-4(7)8;;/h4,6,9,12,14-15,17,19,23,25,27H,5,7-8,10-11H2,1-3H3;1-2H2,(H,5,6)(H,7,8);;/q;;+1;-1/t12-,14-,15-,17-,19+,20-,21-,22-;;;/m0.../s1. The van der Waals surface area contributed by atoms with Crippen LogP contribution in [0.15, 0.2) is 23.8 Å². The van der Waals surface area contributed by atoms with Crippen LogP contribution in [0.4, 0.5) is 0 Å². The molecule has 196 valence electrons. The molecular formula is C26H37NaO9. The predicted molar refractivity (Wildman–Crippen MR) is 125 cm³/mol. The smallest absolute Gasteiger partial charge is 1.00 e. The summed E-state index contributed by atoms with van der Waals surface area (Å²) in [4.78, 5) is 43.6. The molecule has 0 spiro atoms. The molecule has 5 N–H and O–H groups in total. The van der Waals surface area contributed by atoms with E-state index in [2.05, 4.69) is 13.8 Å². The molecule has 0 radical (unpaired) electrons. The van der Waals surface area contributed by atoms with Gasteiger partial charge in [0.15, 0.2) is 11.6 Å². The number of carboxylic acid groups (broad SMARTS) is 2. The number of carbonyl (C=O) groups excluding carboxylic acids is 2. The van der Waals surface area contributed by atoms with Crippen LogP contribution < -0.4 is 29.6 Å². The monoisotopic (exact) mass is 516 g/mol. The molecule has 0 aliphatic heterocycles. The Kier molecular flexibility index (Phi) is 9.58. The SMILES string of the molecule is C[C@H]1C[C@@H]2[C@H]([C@@H](O)C[C@@]3(C)[C@H]2CC[C@]3(O)C(=O)CO)[C@@]2(C)C=CC(=O)C=C12.O=C(O)CCC(=O)O.[H-].[Na+]. The largest absolute Gasteiger partial charge is 1.00 e. The minimum atomic E-state index is -1.57. The van der Waals surface area contributed by atoms with Crippen molar-refractivity contribution in [3.05, 3.63) is 23.8 Å². The molecule has 4 aliphatic rings. The summed E-state index contributed by atoms with van der Waals surface area (Å²) in [5, 5.41) is 47.7. The molecule has 9 nitrogen and oxygen atoms in total. The average Bonchev–Trinajstić information content (AvgIpc) is 3.04. The van der Waals surface area contributed by atoms with Crippen LogP contribution in [0.2, 0.25) is 0 Å². The van der Waals surface area contributed by atoms with Gasteiger partial charge in [-0.15, -0.1) is 0 Å². The zero-order chi connectivity index (χ0) is 26.3. The van der Waals surface area contributed by atoms with Crippen LogP contribution in [0.3, 0.4) is 0 Å². The summed E-state index contributed by atoms with van der Waals surface area (Å²) >= 11 is 0. The quantitative estimate of drug-likeness (QED) is 0.283. The fourth-order valence-corrected chi connectivity index (χ4v) is 7.56. The van der Waals surface area contributed by atoms with Gasteiger partial charge in [-0.2, -0.15) is 0 Å². The summed E-state index contributed by atoms with van der Waals surface area (Å²) in [5.74, 6) is -2.23. The van der Waals surface area contributed by atoms with Crippen molar-refractivity contribution in [3.8, 4) is 0 Å². The van der Waals surface area contributed by atoms with Gasteiger partial charge in [0.2, 0.25) is 0 Å². The van der Waals surface area contributed by atoms with E-state index in [4.69, 9.17) is 10.2 Å². The van der Waals surface area contributed by atoms with Gasteiger partial charge in [-0.25, -0.2) is 0 Å². The molecule has 36 heavy (non-hydrogen) atoms. The Hall–Kier alpha value is -1.36. The zero-order valence-corrected chi connectivity index (χ0v) is 23.4. The Morgan fingerprint density at radius 1 is 1.14 bits per heavy atom. The molecule has 0 unspecified atom stereocenters. The Morgan fingerprint density at radius 3 is 2.25 bits per heavy atom. The van der Waals surface area contributed by atoms with Crippen molar-refractivity contribution in [2.75, 3.05) is 6.61 Å². The molecule has 3 fully saturated rings. The first-order valence-corrected chi connectivity index (χ1v) is 12.1. The van der Waals surface area contributed by atoms with E-state index in [1.807, 2.05) is 13.0 Å². The van der Waals surface area contributed by atoms with Crippen LogP contribution in [-0.2, 0) is 19.2 Å². The maximum Gasteiger partial charge on any atom is 1.00 e. The van der Waals surface area contributed by atoms with Crippen LogP contribution in [-0.4, -0.2) is 67.3 Å². The van der Waals surface area contributed by atoms with E-state index in [-0.39, 0.29) is 78.7 Å². The van der Waals surface area contributed by atoms with Crippen LogP contribution in [0.1, 0.15) is 60.7 Å². The van der Waals surface area contributed by atoms with Crippen molar-refractivity contribution in [1.29, 1.82) is 0 Å². The first-order valence-electron chi connectivity index (χ1n) is 12.1. The number of carbonyl (C=O) groups is 4. The molecular weight excluding hydrogens is 479 g/mol. The normalized spacial score (nSPS) is 40.3. The van der Waals surface area contributed by atoms with Gasteiger partial charge in [0.25, 0.3) is 0 Å². The van der Waals surface area contributed by atoms with Gasteiger partial charge in [-0.3, -0.25) is 19.2 Å². The predicted octanol–water partition coefficient (Wildman–Crippen LogP) is -1.14. The fraction of sp³-hybridized carbons (Fsp3) is 0.692. The molecule has 8 atom stereocenters. The number of ketones is 2. The number of Topliss-reactive ketones (excluding diaryl/α,β-unsaturated/α-hetero) is 1. The minimum absolute atomic E-state index is 0. The van der Waals surface area contributed by atoms with Gasteiger partial charge in [0, 0.05) is 16.7 Å². The third-order valence-electron chi connectivity index (χ3n) is 9.13. The van der Waals surface area contributed by atoms with E-state index in [0.29, 0.717) is 12.8 Å². The number of aliphatic carboxylic acids is 2. The third kappa shape index (κ3) is 5.15. The molecule has 0 aromatic carbocycles. The van der Waals surface area contributed by atoms with E-state index in [0.717, 1.165) is 18.4 Å². The molecule has 0 amide bonds. The van der Waals surface area contributed by atoms with Crippen LogP contribution in [0, 0.1) is 34.5 Å². The molecule has 10 heteroatoms. The second kappa shape index (κ2) is 11.2. The second-order valence-electron chi connectivity index (χ2n) is 11.0. The zero-order valence-electron chi connectivity index (χ0n) is 22.4. The van der Waals surface area contributed by atoms with Crippen LogP contribution in [0.25, 0.3) is 0 Å². The van der Waals surface area contributed by atoms with E-state index in [1.54, 1.807) is 12.2 Å². The summed E-state index contributed by atoms with van der Waals surface area (Å²) in [5.41, 5.74) is -1.59. The van der Waals surface area contributed by atoms with E-state index < -0.39 is 41.4 Å². The molecule has 3 saturated carbocycles. The topological polar surface area (TPSA) is 169 Å². The fourth-order valence-electron chi connectivity index (χ4n) is 7.56. The number of hydrogen-bond acceptors (Lipinski definition) is 7. The number of rotatable bonds is 5. The number of fused-ring (bicyclic) bond motifs is 5. The van der Waals surface area contributed by atoms with Gasteiger partial charge < -0.3 is 27.0 Å². The third-order valence-corrected chi connectivity index (χ3v) is 9.13. The van der Waals surface area contributed by atoms with E-state index >= 15 is 0 Å². The van der Waals surface area contributed by atoms with Crippen molar-refractivity contribution in [2.45, 2.75) is 71.0 Å². The molecule has 4 rings (SSSR count). The number of allylic oxidation sites excluding steroid dienone is 4.